The molecule has 0 radical (unpaired) electrons. The van der Waals surface area contributed by atoms with Crippen molar-refractivity contribution in [1.82, 2.24) is 4.90 Å². The number of fused-ring (bicyclic) bond motifs is 1. The minimum Gasteiger partial charge on any atom is -0.487 e. The molecule has 2 fully saturated rings. The molecule has 2 aromatic carbocycles. The van der Waals surface area contributed by atoms with Gasteiger partial charge in [0.2, 0.25) is 5.91 Å². The molecular weight excluding hydrogens is 640 g/mol. The number of aliphatic hydroxyl groups excluding tert-OH is 1. The van der Waals surface area contributed by atoms with Crippen molar-refractivity contribution >= 4 is 46.5 Å². The van der Waals surface area contributed by atoms with Crippen molar-refractivity contribution in [3.63, 3.8) is 0 Å². The number of nitrogens with one attached hydrogen (secondary N) is 1. The number of nitrogens with zero attached hydrogens (tertiary/aromatic N) is 2. The molecule has 3 aliphatic rings. The molecule has 242 valence electrons. The molecule has 0 saturated carbocycles. The van der Waals surface area contributed by atoms with Gasteiger partial charge in [0, 0.05) is 63.5 Å². The van der Waals surface area contributed by atoms with Crippen molar-refractivity contribution in [2.24, 2.45) is 0 Å². The number of piperidine rings is 1. The molecule has 0 bridgehead atoms. The zero-order valence-electron chi connectivity index (χ0n) is 23.3. The maximum atomic E-state index is 12.7. The molecule has 3 N–H and O–H groups in total. The molecule has 2 saturated heterocycles. The number of hydrogen-bond donors (Lipinski definition) is 3. The zero-order valence-corrected chi connectivity index (χ0v) is 24.9. The molecule has 3 aliphatic heterocycles. The van der Waals surface area contributed by atoms with Crippen LogP contribution in [0.3, 0.4) is 0 Å². The van der Waals surface area contributed by atoms with Crippen LogP contribution in [0.15, 0.2) is 30.3 Å². The van der Waals surface area contributed by atoms with Gasteiger partial charge in [0.25, 0.3) is 6.43 Å². The predicted octanol–water partition coefficient (Wildman–Crippen LogP) is 5.25. The number of halogens is 7. The normalized spacial score (nSPS) is 21.0. The quantitative estimate of drug-likeness (QED) is 0.358. The van der Waals surface area contributed by atoms with E-state index in [1.807, 2.05) is 23.1 Å². The van der Waals surface area contributed by atoms with Crippen LogP contribution in [0.2, 0.25) is 10.0 Å². The van der Waals surface area contributed by atoms with Crippen LogP contribution in [0, 0.1) is 0 Å². The van der Waals surface area contributed by atoms with Gasteiger partial charge in [-0.05, 0) is 29.8 Å². The third-order valence-corrected chi connectivity index (χ3v) is 8.14. The molecule has 1 spiro atoms. The molecule has 1 amide bonds. The predicted molar refractivity (Wildman–Crippen MR) is 152 cm³/mol. The van der Waals surface area contributed by atoms with Gasteiger partial charge >= 0.3 is 12.1 Å². The highest BCUT2D eigenvalue weighted by atomic mass is 35.5. The first-order valence-electron chi connectivity index (χ1n) is 13.5. The lowest BCUT2D eigenvalue weighted by Crippen LogP contribution is -2.53. The number of amides is 1. The highest BCUT2D eigenvalue weighted by Gasteiger charge is 2.45. The number of carbonyl (C=O) groups excluding carboxylic acids is 1. The van der Waals surface area contributed by atoms with Crippen LogP contribution in [0.5, 0.6) is 11.5 Å². The standard InChI is InChI=1S/C26H29Cl2F2N3O4.C2HF3O2/c1-15(34)31-19-9-18(28)24(36-14-25(29)30)10-20(19)33-12-21(22(35)13-33)32-6-4-26(5-7-32)11-16-8-17(27)2-3-23(16)37-26;3-2(4,5)1(6)7/h2-3,8-10,21-22,25,35H,4-7,11-14H2,1H3,(H,31,34);(H,6,7)/t21?,22-;/m1./s1. The molecule has 5 rings (SSSR count). The molecule has 16 heteroatoms. The van der Waals surface area contributed by atoms with Crippen LogP contribution in [0.4, 0.5) is 33.3 Å². The fraction of sp³-hybridized carbons (Fsp3) is 0.500. The fourth-order valence-electron chi connectivity index (χ4n) is 5.63. The van der Waals surface area contributed by atoms with E-state index in [4.69, 9.17) is 42.6 Å². The van der Waals surface area contributed by atoms with E-state index in [0.717, 1.165) is 43.7 Å². The topological polar surface area (TPSA) is 112 Å². The van der Waals surface area contributed by atoms with Crippen LogP contribution in [0.25, 0.3) is 0 Å². The highest BCUT2D eigenvalue weighted by Crippen LogP contribution is 2.43. The van der Waals surface area contributed by atoms with Crippen molar-refractivity contribution in [1.29, 1.82) is 0 Å². The average molecular weight is 670 g/mol. The smallest absolute Gasteiger partial charge is 0.487 e. The summed E-state index contributed by atoms with van der Waals surface area (Å²) in [7, 11) is 0. The number of alkyl halides is 5. The Morgan fingerprint density at radius 3 is 2.41 bits per heavy atom. The van der Waals surface area contributed by atoms with Crippen LogP contribution >= 0.6 is 23.2 Å². The van der Waals surface area contributed by atoms with E-state index in [0.29, 0.717) is 29.5 Å². The number of aliphatic hydroxyl groups is 1. The van der Waals surface area contributed by atoms with Gasteiger partial charge in [-0.25, -0.2) is 13.6 Å². The maximum Gasteiger partial charge on any atom is 0.490 e. The fourth-order valence-corrected chi connectivity index (χ4v) is 6.04. The first-order chi connectivity index (χ1) is 20.6. The molecule has 0 aliphatic carbocycles. The molecule has 2 atom stereocenters. The largest absolute Gasteiger partial charge is 0.490 e. The number of likely N-dealkylation sites (tertiary alicyclic amines) is 1. The van der Waals surface area contributed by atoms with Crippen LogP contribution in [-0.2, 0) is 16.0 Å². The average Bonchev–Trinajstić information content (AvgIpc) is 3.47. The highest BCUT2D eigenvalue weighted by molar-refractivity contribution is 6.32. The van der Waals surface area contributed by atoms with Gasteiger partial charge in [-0.1, -0.05) is 23.2 Å². The molecule has 0 aromatic heterocycles. The van der Waals surface area contributed by atoms with Crippen LogP contribution in [-0.4, -0.2) is 90.1 Å². The first kappa shape index (κ1) is 33.8. The monoisotopic (exact) mass is 669 g/mol. The van der Waals surface area contributed by atoms with Crippen molar-refractivity contribution in [3.05, 3.63) is 45.9 Å². The number of benzene rings is 2. The lowest BCUT2D eigenvalue weighted by atomic mass is 9.86. The number of hydrogen-bond acceptors (Lipinski definition) is 7. The van der Waals surface area contributed by atoms with Gasteiger partial charge in [0.15, 0.2) is 0 Å². The summed E-state index contributed by atoms with van der Waals surface area (Å²) >= 11 is 12.4. The van der Waals surface area contributed by atoms with Gasteiger partial charge in [-0.3, -0.25) is 9.69 Å². The molecule has 3 heterocycles. The Labute approximate surface area is 259 Å². The van der Waals surface area contributed by atoms with E-state index in [1.54, 1.807) is 6.07 Å². The minimum atomic E-state index is -5.08. The summed E-state index contributed by atoms with van der Waals surface area (Å²) in [6.07, 6.45) is -5.90. The Kier molecular flexibility index (Phi) is 10.4. The summed E-state index contributed by atoms with van der Waals surface area (Å²) in [5.74, 6) is -2.06. The summed E-state index contributed by atoms with van der Waals surface area (Å²) in [4.78, 5) is 24.9. The SMILES string of the molecule is CC(=O)Nc1cc(Cl)c(OCC(F)F)cc1N1CC(N2CCC3(CC2)Cc2cc(Cl)ccc2O3)[C@H](O)C1.O=C(O)C(F)(F)F. The lowest BCUT2D eigenvalue weighted by Gasteiger charge is -2.41. The summed E-state index contributed by atoms with van der Waals surface area (Å²) in [5.41, 5.74) is 1.87. The van der Waals surface area contributed by atoms with E-state index in [2.05, 4.69) is 10.2 Å². The third-order valence-electron chi connectivity index (χ3n) is 7.61. The number of carboxylic acid groups (broad SMARTS) is 1. The van der Waals surface area contributed by atoms with E-state index in [9.17, 15) is 31.9 Å². The summed E-state index contributed by atoms with van der Waals surface area (Å²) < 4.78 is 68.8. The second-order valence-corrected chi connectivity index (χ2v) is 11.6. The maximum absolute atomic E-state index is 12.7. The Hall–Kier alpha value is -3.07. The van der Waals surface area contributed by atoms with Gasteiger partial charge in [0.05, 0.1) is 28.5 Å². The lowest BCUT2D eigenvalue weighted by molar-refractivity contribution is -0.192. The number of rotatable bonds is 6. The zero-order chi connectivity index (χ0) is 32.4. The number of anilines is 2. The second-order valence-electron chi connectivity index (χ2n) is 10.8. The van der Waals surface area contributed by atoms with E-state index >= 15 is 0 Å². The number of aliphatic carboxylic acids is 1. The van der Waals surface area contributed by atoms with E-state index in [1.165, 1.54) is 13.0 Å². The molecular formula is C28H30Cl2F5N3O6. The summed E-state index contributed by atoms with van der Waals surface area (Å²) in [5, 5.41) is 21.7. The molecule has 44 heavy (non-hydrogen) atoms. The van der Waals surface area contributed by atoms with Crippen molar-refractivity contribution in [3.8, 4) is 11.5 Å². The Morgan fingerprint density at radius 2 is 1.82 bits per heavy atom. The summed E-state index contributed by atoms with van der Waals surface area (Å²) in [6.45, 7) is 2.92. The molecule has 2 aromatic rings. The van der Waals surface area contributed by atoms with E-state index in [-0.39, 0.29) is 28.3 Å². The minimum absolute atomic E-state index is 0.0991. The third kappa shape index (κ3) is 8.14. The number of carboxylic acids is 1. The van der Waals surface area contributed by atoms with Gasteiger partial charge in [0.1, 0.15) is 23.7 Å². The van der Waals surface area contributed by atoms with Crippen molar-refractivity contribution in [2.75, 3.05) is 43.0 Å². The molecule has 9 nitrogen and oxygen atoms in total. The first-order valence-corrected chi connectivity index (χ1v) is 14.3. The molecule has 1 unspecified atom stereocenters. The van der Waals surface area contributed by atoms with Gasteiger partial charge in [-0.2, -0.15) is 13.2 Å². The summed E-state index contributed by atoms with van der Waals surface area (Å²) in [6, 6.07) is 8.63. The van der Waals surface area contributed by atoms with Gasteiger partial charge in [-0.15, -0.1) is 0 Å². The number of carbonyl (C=O) groups is 2. The Bertz CT molecular complexity index is 1370. The number of ether oxygens (including phenoxy) is 2. The second kappa shape index (κ2) is 13.5. The van der Waals surface area contributed by atoms with Crippen LogP contribution in [0.1, 0.15) is 25.3 Å². The number of β-amino-alcohol motifs (C(OH)–C–C–N with tert-alkyl or cyclic N) is 1. The van der Waals surface area contributed by atoms with Crippen molar-refractivity contribution < 1.29 is 51.2 Å². The van der Waals surface area contributed by atoms with Crippen molar-refractivity contribution in [2.45, 2.75) is 56.5 Å². The van der Waals surface area contributed by atoms with Crippen LogP contribution < -0.4 is 19.7 Å². The van der Waals surface area contributed by atoms with Gasteiger partial charge < -0.3 is 29.9 Å². The Balaban J connectivity index is 0.000000566. The Morgan fingerprint density at radius 1 is 1.16 bits per heavy atom. The van der Waals surface area contributed by atoms with E-state index < -0.39 is 31.3 Å².